The minimum atomic E-state index is -3.15. The Morgan fingerprint density at radius 1 is 1.31 bits per heavy atom. The smallest absolute Gasteiger partial charge is 0.387 e. The number of nitrogens with one attached hydrogen (secondary N) is 1. The van der Waals surface area contributed by atoms with Crippen LogP contribution in [0.15, 0.2) is 41.3 Å². The van der Waals surface area contributed by atoms with Gasteiger partial charge in [-0.15, -0.1) is 0 Å². The van der Waals surface area contributed by atoms with Crippen LogP contribution in [-0.4, -0.2) is 45.9 Å². The maximum atomic E-state index is 13.1. The summed E-state index contributed by atoms with van der Waals surface area (Å²) >= 11 is 0. The van der Waals surface area contributed by atoms with Crippen LogP contribution in [-0.2, 0) is 0 Å². The van der Waals surface area contributed by atoms with Crippen molar-refractivity contribution < 1.29 is 18.6 Å². The van der Waals surface area contributed by atoms with Gasteiger partial charge >= 0.3 is 6.61 Å². The molecule has 1 aromatic carbocycles. The summed E-state index contributed by atoms with van der Waals surface area (Å²) in [4.78, 5) is 23.8. The van der Waals surface area contributed by atoms with Gasteiger partial charge in [0, 0.05) is 37.1 Å². The number of aliphatic hydroxyl groups is 1. The van der Waals surface area contributed by atoms with Crippen molar-refractivity contribution in [3.05, 3.63) is 46.9 Å². The van der Waals surface area contributed by atoms with Crippen LogP contribution in [0.5, 0.6) is 5.75 Å². The van der Waals surface area contributed by atoms with E-state index in [1.54, 1.807) is 6.92 Å². The van der Waals surface area contributed by atoms with Gasteiger partial charge in [0.15, 0.2) is 5.75 Å². The Hall–Kier alpha value is -3.27. The average Bonchev–Trinajstić information content (AvgIpc) is 3.07. The van der Waals surface area contributed by atoms with Gasteiger partial charge in [0.1, 0.15) is 5.65 Å². The Kier molecular flexibility index (Phi) is 5.72. The third kappa shape index (κ3) is 4.22. The normalized spacial score (nSPS) is 20.7. The monoisotopic (exact) mass is 445 g/mol. The maximum absolute atomic E-state index is 13.1. The van der Waals surface area contributed by atoms with E-state index in [1.165, 1.54) is 16.8 Å². The molecule has 2 heterocycles. The van der Waals surface area contributed by atoms with Gasteiger partial charge in [0.05, 0.1) is 11.6 Å². The Balaban J connectivity index is 1.80. The van der Waals surface area contributed by atoms with E-state index >= 15 is 0 Å². The molecular weight excluding hydrogens is 420 g/mol. The Bertz CT molecular complexity index is 1180. The molecule has 3 aromatic rings. The number of aromatic nitrogens is 3. The number of nitrogens with zero attached hydrogens (tertiary/aromatic N) is 4. The lowest BCUT2D eigenvalue weighted by Crippen LogP contribution is -2.38. The first kappa shape index (κ1) is 21.9. The molecular formula is C22H25F2N5O3. The zero-order valence-electron chi connectivity index (χ0n) is 18.0. The molecule has 0 aliphatic heterocycles. The van der Waals surface area contributed by atoms with Crippen molar-refractivity contribution in [2.24, 2.45) is 0 Å². The Morgan fingerprint density at radius 3 is 2.62 bits per heavy atom. The number of anilines is 3. The highest BCUT2D eigenvalue weighted by Crippen LogP contribution is 2.40. The fourth-order valence-corrected chi connectivity index (χ4v) is 4.13. The molecule has 0 amide bonds. The van der Waals surface area contributed by atoms with E-state index in [0.29, 0.717) is 24.6 Å². The molecule has 1 aliphatic rings. The summed E-state index contributed by atoms with van der Waals surface area (Å²) in [7, 11) is 3.89. The van der Waals surface area contributed by atoms with Crippen LogP contribution < -0.4 is 20.5 Å². The SMILES string of the molecule is CN(C)c1ccc(Nc2ncc3cc(OC(F)F)c(=O)n([C@@H]4CCC[C@@]4(C)O)c3n2)cc1. The molecule has 0 spiro atoms. The zero-order valence-corrected chi connectivity index (χ0v) is 18.0. The summed E-state index contributed by atoms with van der Waals surface area (Å²) in [6.07, 6.45) is 3.13. The third-order valence-corrected chi connectivity index (χ3v) is 5.79. The van der Waals surface area contributed by atoms with Gasteiger partial charge in [0.2, 0.25) is 5.95 Å². The molecule has 0 saturated heterocycles. The number of benzene rings is 1. The zero-order chi connectivity index (χ0) is 23.0. The predicted molar refractivity (Wildman–Crippen MR) is 118 cm³/mol. The number of pyridine rings is 1. The van der Waals surface area contributed by atoms with E-state index in [9.17, 15) is 18.7 Å². The van der Waals surface area contributed by atoms with Crippen molar-refractivity contribution in [1.82, 2.24) is 14.5 Å². The molecule has 2 atom stereocenters. The number of hydrogen-bond donors (Lipinski definition) is 2. The Labute approximate surface area is 183 Å². The van der Waals surface area contributed by atoms with Crippen LogP contribution in [0.2, 0.25) is 0 Å². The van der Waals surface area contributed by atoms with Crippen molar-refractivity contribution in [3.8, 4) is 5.75 Å². The number of halogens is 2. The van der Waals surface area contributed by atoms with Crippen LogP contribution in [0.4, 0.5) is 26.1 Å². The molecule has 32 heavy (non-hydrogen) atoms. The first-order valence-electron chi connectivity index (χ1n) is 10.3. The minimum absolute atomic E-state index is 0.239. The fraction of sp³-hybridized carbons (Fsp3) is 0.409. The first-order chi connectivity index (χ1) is 15.2. The van der Waals surface area contributed by atoms with Crippen LogP contribution in [0, 0.1) is 0 Å². The second kappa shape index (κ2) is 8.34. The second-order valence-corrected chi connectivity index (χ2v) is 8.37. The molecule has 2 aromatic heterocycles. The van der Waals surface area contributed by atoms with Gasteiger partial charge in [-0.3, -0.25) is 9.36 Å². The highest BCUT2D eigenvalue weighted by atomic mass is 19.3. The number of hydrogen-bond acceptors (Lipinski definition) is 7. The van der Waals surface area contributed by atoms with Crippen LogP contribution in [0.1, 0.15) is 32.2 Å². The average molecular weight is 445 g/mol. The molecule has 10 heteroatoms. The number of rotatable bonds is 6. The summed E-state index contributed by atoms with van der Waals surface area (Å²) in [6.45, 7) is -1.51. The largest absolute Gasteiger partial charge is 0.429 e. The molecule has 170 valence electrons. The lowest BCUT2D eigenvalue weighted by molar-refractivity contribution is -0.0513. The van der Waals surface area contributed by atoms with E-state index in [4.69, 9.17) is 0 Å². The topological polar surface area (TPSA) is 92.5 Å². The van der Waals surface area contributed by atoms with Gasteiger partial charge in [-0.2, -0.15) is 13.8 Å². The number of fused-ring (bicyclic) bond motifs is 1. The molecule has 8 nitrogen and oxygen atoms in total. The molecule has 0 bridgehead atoms. The van der Waals surface area contributed by atoms with Gasteiger partial charge < -0.3 is 20.1 Å². The van der Waals surface area contributed by atoms with E-state index < -0.39 is 29.6 Å². The molecule has 4 rings (SSSR count). The second-order valence-electron chi connectivity index (χ2n) is 8.37. The van der Waals surface area contributed by atoms with Gasteiger partial charge in [-0.1, -0.05) is 0 Å². The van der Waals surface area contributed by atoms with Crippen molar-refractivity contribution in [2.45, 2.75) is 44.4 Å². The first-order valence-corrected chi connectivity index (χ1v) is 10.3. The molecule has 0 radical (unpaired) electrons. The van der Waals surface area contributed by atoms with E-state index in [-0.39, 0.29) is 11.6 Å². The molecule has 2 N–H and O–H groups in total. The summed E-state index contributed by atoms with van der Waals surface area (Å²) in [6, 6.07) is 8.20. The molecule has 1 aliphatic carbocycles. The highest BCUT2D eigenvalue weighted by Gasteiger charge is 2.40. The third-order valence-electron chi connectivity index (χ3n) is 5.79. The lowest BCUT2D eigenvalue weighted by Gasteiger charge is -2.28. The highest BCUT2D eigenvalue weighted by molar-refractivity contribution is 5.77. The quantitative estimate of drug-likeness (QED) is 0.598. The van der Waals surface area contributed by atoms with Crippen molar-refractivity contribution in [2.75, 3.05) is 24.3 Å². The standard InChI is InChI=1S/C22H25F2N5O3/c1-22(31)10-4-5-17(22)29-18-13(11-16(19(29)30)32-20(23)24)12-25-21(27-18)26-14-6-8-15(9-7-14)28(2)3/h6-9,11-12,17,20,31H,4-5,10H2,1-3H3,(H,25,26,27)/t17-,22-/m1/s1. The summed E-state index contributed by atoms with van der Waals surface area (Å²) in [5.74, 6) is -0.262. The van der Waals surface area contributed by atoms with Crippen molar-refractivity contribution in [3.63, 3.8) is 0 Å². The summed E-state index contributed by atoms with van der Waals surface area (Å²) < 4.78 is 31.5. The minimum Gasteiger partial charge on any atom is -0.429 e. The summed E-state index contributed by atoms with van der Waals surface area (Å²) in [5.41, 5.74) is 0.0742. The van der Waals surface area contributed by atoms with Crippen molar-refractivity contribution in [1.29, 1.82) is 0 Å². The van der Waals surface area contributed by atoms with Crippen LogP contribution in [0.3, 0.4) is 0 Å². The van der Waals surface area contributed by atoms with E-state index in [1.807, 2.05) is 43.3 Å². The van der Waals surface area contributed by atoms with Crippen LogP contribution in [0.25, 0.3) is 11.0 Å². The van der Waals surface area contributed by atoms with Gasteiger partial charge in [0.25, 0.3) is 5.56 Å². The number of alkyl halides is 2. The summed E-state index contributed by atoms with van der Waals surface area (Å²) in [5, 5.41) is 14.3. The van der Waals surface area contributed by atoms with Crippen LogP contribution >= 0.6 is 0 Å². The van der Waals surface area contributed by atoms with E-state index in [2.05, 4.69) is 20.0 Å². The lowest BCUT2D eigenvalue weighted by atomic mass is 10.00. The Morgan fingerprint density at radius 2 is 2.03 bits per heavy atom. The molecule has 1 fully saturated rings. The molecule has 1 saturated carbocycles. The molecule has 0 unspecified atom stereocenters. The fourth-order valence-electron chi connectivity index (χ4n) is 4.13. The van der Waals surface area contributed by atoms with Gasteiger partial charge in [-0.05, 0) is 56.5 Å². The van der Waals surface area contributed by atoms with Crippen molar-refractivity contribution >= 4 is 28.4 Å². The van der Waals surface area contributed by atoms with E-state index in [0.717, 1.165) is 11.4 Å². The predicted octanol–water partition coefficient (Wildman–Crippen LogP) is 3.68. The maximum Gasteiger partial charge on any atom is 0.387 e. The van der Waals surface area contributed by atoms with Gasteiger partial charge in [-0.25, -0.2) is 4.98 Å². The number of ether oxygens (including phenoxy) is 1.